The Morgan fingerprint density at radius 3 is 2.44 bits per heavy atom. The molecule has 15 heteroatoms. The van der Waals surface area contributed by atoms with E-state index in [1.54, 1.807) is 18.2 Å². The van der Waals surface area contributed by atoms with E-state index in [4.69, 9.17) is 14.0 Å². The molecule has 1 aliphatic heterocycles. The minimum Gasteiger partial charge on any atom is -0.459 e. The van der Waals surface area contributed by atoms with Gasteiger partial charge in [0.25, 0.3) is 0 Å². The zero-order chi connectivity index (χ0) is 25.3. The fourth-order valence-corrected chi connectivity index (χ4v) is 4.85. The van der Waals surface area contributed by atoms with Gasteiger partial charge in [-0.2, -0.15) is 8.42 Å². The molecule has 6 atom stereocenters. The molecule has 0 radical (unpaired) electrons. The average Bonchev–Trinajstić information content (AvgIpc) is 2.79. The fourth-order valence-electron chi connectivity index (χ4n) is 2.90. The lowest BCUT2D eigenvalue weighted by molar-refractivity contribution is -0.205. The average molecular weight is 542 g/mol. The van der Waals surface area contributed by atoms with Crippen LogP contribution in [0.15, 0.2) is 35.5 Å². The molecule has 0 bridgehead atoms. The summed E-state index contributed by atoms with van der Waals surface area (Å²) in [4.78, 5) is 12.2. The first-order valence-corrected chi connectivity index (χ1v) is 14.1. The molecule has 1 saturated heterocycles. The standard InChI is InChI=1S/C19H27NO11S3/c1-33(25)10-6-5-9-14(20-31-34(26,27)28)32-19-17(23)16(22)15(21)13(30-19)11-29-18(24)12-7-3-2-4-8-12/h2-4,7-8,13,15-17,19,21-23H,5-6,9-11H2,1H3,(H,26,27,28). The lowest BCUT2D eigenvalue weighted by Crippen LogP contribution is -2.58. The third-order valence-corrected chi connectivity index (χ3v) is 6.91. The van der Waals surface area contributed by atoms with Crippen molar-refractivity contribution in [3.63, 3.8) is 0 Å². The molecule has 0 spiro atoms. The van der Waals surface area contributed by atoms with Crippen molar-refractivity contribution in [1.82, 2.24) is 0 Å². The highest BCUT2D eigenvalue weighted by Gasteiger charge is 2.45. The molecule has 1 aliphatic rings. The van der Waals surface area contributed by atoms with Crippen molar-refractivity contribution in [3.05, 3.63) is 35.9 Å². The number of nitrogens with zero attached hydrogens (tertiary/aromatic N) is 1. The number of aliphatic hydroxyl groups excluding tert-OH is 3. The van der Waals surface area contributed by atoms with Gasteiger partial charge in [0.05, 0.1) is 5.56 Å². The van der Waals surface area contributed by atoms with Crippen LogP contribution in [0.25, 0.3) is 0 Å². The Bertz CT molecular complexity index is 957. The first kappa shape index (κ1) is 28.6. The van der Waals surface area contributed by atoms with Gasteiger partial charge in [0.2, 0.25) is 0 Å². The summed E-state index contributed by atoms with van der Waals surface area (Å²) in [6.07, 6.45) is -3.48. The van der Waals surface area contributed by atoms with Gasteiger partial charge in [0, 0.05) is 22.8 Å². The first-order chi connectivity index (χ1) is 16.0. The number of thioether (sulfide) groups is 1. The topological polar surface area (TPSA) is 189 Å². The number of benzene rings is 1. The summed E-state index contributed by atoms with van der Waals surface area (Å²) in [6, 6.07) is 8.07. The van der Waals surface area contributed by atoms with E-state index in [0.717, 1.165) is 0 Å². The smallest absolute Gasteiger partial charge is 0.459 e. The summed E-state index contributed by atoms with van der Waals surface area (Å²) in [5.41, 5.74) is -0.980. The predicted molar refractivity (Wildman–Crippen MR) is 124 cm³/mol. The maximum absolute atomic E-state index is 12.2. The third-order valence-electron chi connectivity index (χ3n) is 4.61. The second-order valence-electron chi connectivity index (χ2n) is 7.32. The number of unbranched alkanes of at least 4 members (excludes halogenated alkanes) is 1. The van der Waals surface area contributed by atoms with Gasteiger partial charge < -0.3 is 24.8 Å². The van der Waals surface area contributed by atoms with Crippen LogP contribution in [0.4, 0.5) is 0 Å². The first-order valence-electron chi connectivity index (χ1n) is 10.1. The van der Waals surface area contributed by atoms with Crippen molar-refractivity contribution in [3.8, 4) is 0 Å². The highest BCUT2D eigenvalue weighted by Crippen LogP contribution is 2.31. The van der Waals surface area contributed by atoms with E-state index in [2.05, 4.69) is 9.44 Å². The Hall–Kier alpha value is -1.59. The highest BCUT2D eigenvalue weighted by atomic mass is 32.3. The minimum atomic E-state index is -4.89. The van der Waals surface area contributed by atoms with E-state index in [0.29, 0.717) is 30.4 Å². The number of rotatable bonds is 11. The van der Waals surface area contributed by atoms with E-state index in [1.165, 1.54) is 18.4 Å². The van der Waals surface area contributed by atoms with Crippen molar-refractivity contribution in [2.75, 3.05) is 18.6 Å². The number of esters is 1. The molecule has 4 N–H and O–H groups in total. The van der Waals surface area contributed by atoms with E-state index < -0.39 is 63.6 Å². The molecule has 0 aromatic heterocycles. The molecule has 1 aromatic carbocycles. The number of carbonyl (C=O) groups excluding carboxylic acids is 1. The van der Waals surface area contributed by atoms with E-state index >= 15 is 0 Å². The summed E-state index contributed by atoms with van der Waals surface area (Å²) < 4.78 is 56.6. The van der Waals surface area contributed by atoms with Crippen LogP contribution in [0, 0.1) is 0 Å². The van der Waals surface area contributed by atoms with Crippen molar-refractivity contribution >= 4 is 44.0 Å². The van der Waals surface area contributed by atoms with Crippen LogP contribution in [0.1, 0.15) is 29.6 Å². The molecule has 0 amide bonds. The number of ether oxygens (including phenoxy) is 2. The third kappa shape index (κ3) is 9.58. The minimum absolute atomic E-state index is 0.00724. The van der Waals surface area contributed by atoms with Crippen LogP contribution in [0.2, 0.25) is 0 Å². The van der Waals surface area contributed by atoms with Gasteiger partial charge in [-0.05, 0) is 31.4 Å². The number of aliphatic hydroxyl groups is 3. The Morgan fingerprint density at radius 1 is 1.15 bits per heavy atom. The summed E-state index contributed by atoms with van der Waals surface area (Å²) >= 11 is 0.703. The van der Waals surface area contributed by atoms with Crippen molar-refractivity contribution in [1.29, 1.82) is 0 Å². The Kier molecular flexibility index (Phi) is 11.4. The molecule has 12 nitrogen and oxygen atoms in total. The van der Waals surface area contributed by atoms with Crippen molar-refractivity contribution in [2.45, 2.75) is 49.1 Å². The monoisotopic (exact) mass is 541 g/mol. The maximum atomic E-state index is 12.2. The van der Waals surface area contributed by atoms with Crippen LogP contribution in [0.5, 0.6) is 0 Å². The summed E-state index contributed by atoms with van der Waals surface area (Å²) in [5, 5.41) is 34.2. The molecule has 192 valence electrons. The maximum Gasteiger partial charge on any atom is 0.466 e. The van der Waals surface area contributed by atoms with E-state index in [9.17, 15) is 32.7 Å². The van der Waals surface area contributed by atoms with Gasteiger partial charge in [0.1, 0.15) is 41.5 Å². The van der Waals surface area contributed by atoms with Gasteiger partial charge >= 0.3 is 16.4 Å². The van der Waals surface area contributed by atoms with Gasteiger partial charge in [0.15, 0.2) is 0 Å². The second-order valence-corrected chi connectivity index (χ2v) is 11.0. The molecular formula is C19H27NO11S3. The summed E-state index contributed by atoms with van der Waals surface area (Å²) in [6.45, 7) is -0.438. The Balaban J connectivity index is 2.06. The van der Waals surface area contributed by atoms with Crippen LogP contribution >= 0.6 is 11.8 Å². The molecule has 0 saturated carbocycles. The normalized spacial score (nSPS) is 26.6. The van der Waals surface area contributed by atoms with E-state index in [1.807, 2.05) is 0 Å². The van der Waals surface area contributed by atoms with E-state index in [-0.39, 0.29) is 17.0 Å². The molecule has 34 heavy (non-hydrogen) atoms. The second kappa shape index (κ2) is 13.5. The number of hydrogen-bond donors (Lipinski definition) is 4. The lowest BCUT2D eigenvalue weighted by Gasteiger charge is -2.39. The van der Waals surface area contributed by atoms with Gasteiger partial charge in [-0.3, -0.25) is 8.76 Å². The molecular weight excluding hydrogens is 514 g/mol. The molecule has 6 unspecified atom stereocenters. The summed E-state index contributed by atoms with van der Waals surface area (Å²) in [7, 11) is -5.92. The molecule has 2 rings (SSSR count). The number of oxime groups is 1. The van der Waals surface area contributed by atoms with Crippen molar-refractivity contribution < 1.29 is 51.1 Å². The molecule has 1 fully saturated rings. The quantitative estimate of drug-likeness (QED) is 0.0737. The lowest BCUT2D eigenvalue weighted by atomic mass is 10.0. The predicted octanol–water partition coefficient (Wildman–Crippen LogP) is 0.0659. The Morgan fingerprint density at radius 2 is 1.82 bits per heavy atom. The SMILES string of the molecule is CS(=O)CCCCC(=NOS(=O)(=O)O)SC1OC(COC(=O)c2ccccc2)C(O)C(O)C1O. The summed E-state index contributed by atoms with van der Waals surface area (Å²) in [5.74, 6) is -0.280. The van der Waals surface area contributed by atoms with Crippen LogP contribution in [-0.2, 0) is 35.0 Å². The largest absolute Gasteiger partial charge is 0.466 e. The molecule has 1 aromatic rings. The Labute approximate surface area is 203 Å². The van der Waals surface area contributed by atoms with Crippen LogP contribution in [-0.4, -0.2) is 92.0 Å². The van der Waals surface area contributed by atoms with Gasteiger partial charge in [-0.25, -0.2) is 9.08 Å². The number of hydrogen-bond acceptors (Lipinski definition) is 12. The van der Waals surface area contributed by atoms with Crippen LogP contribution < -0.4 is 0 Å². The fraction of sp³-hybridized carbons (Fsp3) is 0.579. The zero-order valence-electron chi connectivity index (χ0n) is 18.1. The molecule has 0 aliphatic carbocycles. The zero-order valence-corrected chi connectivity index (χ0v) is 20.6. The van der Waals surface area contributed by atoms with Crippen LogP contribution in [0.3, 0.4) is 0 Å². The van der Waals surface area contributed by atoms with Gasteiger partial charge in [-0.15, -0.1) is 0 Å². The number of carbonyl (C=O) groups is 1. The van der Waals surface area contributed by atoms with Gasteiger partial charge in [-0.1, -0.05) is 35.1 Å². The van der Waals surface area contributed by atoms with Crippen molar-refractivity contribution in [2.24, 2.45) is 5.16 Å². The molecule has 1 heterocycles. The highest BCUT2D eigenvalue weighted by molar-refractivity contribution is 8.14.